The van der Waals surface area contributed by atoms with Crippen molar-refractivity contribution in [2.24, 2.45) is 5.92 Å². The average molecular weight is 467 g/mol. The third-order valence-corrected chi connectivity index (χ3v) is 5.33. The van der Waals surface area contributed by atoms with Crippen molar-refractivity contribution >= 4 is 23.1 Å². The minimum Gasteiger partial charge on any atom is -0.507 e. The van der Waals surface area contributed by atoms with Gasteiger partial charge in [-0.2, -0.15) is 0 Å². The van der Waals surface area contributed by atoms with Crippen molar-refractivity contribution in [2.75, 3.05) is 11.5 Å². The number of Topliss-reactive ketones (excluding diaryl/α,β-unsaturated/α-hetero) is 1. The zero-order chi connectivity index (χ0) is 24.6. The first-order valence-corrected chi connectivity index (χ1v) is 10.7. The van der Waals surface area contributed by atoms with Crippen LogP contribution in [0.25, 0.3) is 5.76 Å². The number of carbonyl (C=O) groups is 2. The molecular formula is C26H23F2NO5. The maximum atomic E-state index is 14.7. The summed E-state index contributed by atoms with van der Waals surface area (Å²) in [6.45, 7) is 6.08. The summed E-state index contributed by atoms with van der Waals surface area (Å²) in [6.07, 6.45) is 0. The quantitative estimate of drug-likeness (QED) is 0.293. The summed E-state index contributed by atoms with van der Waals surface area (Å²) in [5.74, 6) is -3.00. The molecule has 1 fully saturated rings. The van der Waals surface area contributed by atoms with Crippen molar-refractivity contribution in [1.82, 2.24) is 0 Å². The van der Waals surface area contributed by atoms with E-state index in [4.69, 9.17) is 9.15 Å². The van der Waals surface area contributed by atoms with Gasteiger partial charge < -0.3 is 14.3 Å². The highest BCUT2D eigenvalue weighted by atomic mass is 19.1. The molecule has 0 aliphatic carbocycles. The largest absolute Gasteiger partial charge is 0.507 e. The monoisotopic (exact) mass is 467 g/mol. The van der Waals surface area contributed by atoms with E-state index in [2.05, 4.69) is 0 Å². The Kier molecular flexibility index (Phi) is 6.24. The van der Waals surface area contributed by atoms with Crippen LogP contribution in [0.4, 0.5) is 14.5 Å². The van der Waals surface area contributed by atoms with Gasteiger partial charge in [-0.25, -0.2) is 8.78 Å². The van der Waals surface area contributed by atoms with Crippen molar-refractivity contribution in [2.45, 2.75) is 26.8 Å². The first-order valence-electron chi connectivity index (χ1n) is 10.7. The van der Waals surface area contributed by atoms with Crippen molar-refractivity contribution in [1.29, 1.82) is 0 Å². The SMILES string of the molecule is Cc1ccc(C2/C(=C(/O)c3cccc(OCC(C)C)c3)C(=O)C(=O)N2c2cc(F)ccc2F)o1. The van der Waals surface area contributed by atoms with Gasteiger partial charge in [-0.15, -0.1) is 0 Å². The molecular weight excluding hydrogens is 444 g/mol. The normalized spacial score (nSPS) is 17.6. The van der Waals surface area contributed by atoms with Crippen molar-refractivity contribution in [3.8, 4) is 5.75 Å². The molecule has 34 heavy (non-hydrogen) atoms. The second-order valence-electron chi connectivity index (χ2n) is 8.45. The Balaban J connectivity index is 1.88. The number of furan rings is 1. The van der Waals surface area contributed by atoms with Crippen LogP contribution in [0.3, 0.4) is 0 Å². The number of aryl methyl sites for hydroxylation is 1. The Morgan fingerprint density at radius 2 is 1.88 bits per heavy atom. The molecule has 0 bridgehead atoms. The molecule has 1 N–H and O–H groups in total. The van der Waals surface area contributed by atoms with E-state index >= 15 is 0 Å². The predicted molar refractivity (Wildman–Crippen MR) is 121 cm³/mol. The molecule has 1 aromatic heterocycles. The van der Waals surface area contributed by atoms with Crippen LogP contribution in [-0.2, 0) is 9.59 Å². The third kappa shape index (κ3) is 4.31. The molecule has 1 aliphatic heterocycles. The standard InChI is InChI=1S/C26H23F2NO5/c1-14(2)13-33-18-6-4-5-16(11-18)24(30)22-23(21-10-7-15(3)34-21)29(26(32)25(22)31)20-12-17(27)8-9-19(20)28/h4-12,14,23,30H,13H2,1-3H3/b24-22-. The van der Waals surface area contributed by atoms with Crippen LogP contribution in [0.1, 0.15) is 37.0 Å². The predicted octanol–water partition coefficient (Wildman–Crippen LogP) is 5.53. The summed E-state index contributed by atoms with van der Waals surface area (Å²) < 4.78 is 40.0. The summed E-state index contributed by atoms with van der Waals surface area (Å²) in [4.78, 5) is 26.9. The molecule has 176 valence electrons. The van der Waals surface area contributed by atoms with Crippen LogP contribution >= 0.6 is 0 Å². The Labute approximate surface area is 195 Å². The highest BCUT2D eigenvalue weighted by Gasteiger charge is 2.49. The van der Waals surface area contributed by atoms with Gasteiger partial charge in [0.2, 0.25) is 0 Å². The molecule has 1 amide bonds. The van der Waals surface area contributed by atoms with Gasteiger partial charge in [-0.05, 0) is 49.2 Å². The zero-order valence-electron chi connectivity index (χ0n) is 18.8. The lowest BCUT2D eigenvalue weighted by Crippen LogP contribution is -2.30. The van der Waals surface area contributed by atoms with Crippen LogP contribution in [0.5, 0.6) is 5.75 Å². The zero-order valence-corrected chi connectivity index (χ0v) is 18.8. The second-order valence-corrected chi connectivity index (χ2v) is 8.45. The smallest absolute Gasteiger partial charge is 0.300 e. The van der Waals surface area contributed by atoms with Crippen LogP contribution in [0, 0.1) is 24.5 Å². The first-order chi connectivity index (χ1) is 16.2. The molecule has 0 spiro atoms. The van der Waals surface area contributed by atoms with Crippen molar-refractivity contribution in [3.63, 3.8) is 0 Å². The van der Waals surface area contributed by atoms with E-state index in [1.165, 1.54) is 6.07 Å². The van der Waals surface area contributed by atoms with Crippen LogP contribution in [-0.4, -0.2) is 23.4 Å². The lowest BCUT2D eigenvalue weighted by atomic mass is 9.99. The number of rotatable bonds is 6. The highest BCUT2D eigenvalue weighted by molar-refractivity contribution is 6.51. The number of benzene rings is 2. The molecule has 1 unspecified atom stereocenters. The Morgan fingerprint density at radius 1 is 1.12 bits per heavy atom. The van der Waals surface area contributed by atoms with Gasteiger partial charge in [0.1, 0.15) is 40.7 Å². The van der Waals surface area contributed by atoms with Gasteiger partial charge in [0.05, 0.1) is 17.9 Å². The number of ether oxygens (including phenoxy) is 1. The number of nitrogens with zero attached hydrogens (tertiary/aromatic N) is 1. The fourth-order valence-electron chi connectivity index (χ4n) is 3.77. The lowest BCUT2D eigenvalue weighted by molar-refractivity contribution is -0.132. The van der Waals surface area contributed by atoms with Gasteiger partial charge in [-0.1, -0.05) is 26.0 Å². The summed E-state index contributed by atoms with van der Waals surface area (Å²) in [6, 6.07) is 10.9. The number of aliphatic hydroxyl groups is 1. The van der Waals surface area contributed by atoms with Gasteiger partial charge in [0, 0.05) is 11.6 Å². The van der Waals surface area contributed by atoms with Gasteiger partial charge in [-0.3, -0.25) is 14.5 Å². The van der Waals surface area contributed by atoms with Gasteiger partial charge in [0.15, 0.2) is 0 Å². The topological polar surface area (TPSA) is 80.0 Å². The van der Waals surface area contributed by atoms with Crippen LogP contribution in [0.2, 0.25) is 0 Å². The molecule has 0 radical (unpaired) electrons. The van der Waals surface area contributed by atoms with E-state index in [-0.39, 0.29) is 22.8 Å². The first kappa shape index (κ1) is 23.2. The fraction of sp³-hybridized carbons (Fsp3) is 0.231. The molecule has 1 atom stereocenters. The second kappa shape index (κ2) is 9.13. The minimum atomic E-state index is -1.30. The van der Waals surface area contributed by atoms with Crippen molar-refractivity contribution in [3.05, 3.63) is 88.9 Å². The maximum absolute atomic E-state index is 14.7. The average Bonchev–Trinajstić information content (AvgIpc) is 3.34. The van der Waals surface area contributed by atoms with E-state index in [1.807, 2.05) is 13.8 Å². The summed E-state index contributed by atoms with van der Waals surface area (Å²) >= 11 is 0. The lowest BCUT2D eigenvalue weighted by Gasteiger charge is -2.24. The highest BCUT2D eigenvalue weighted by Crippen LogP contribution is 2.43. The number of halogens is 2. The van der Waals surface area contributed by atoms with Gasteiger partial charge >= 0.3 is 0 Å². The molecule has 4 rings (SSSR count). The summed E-state index contributed by atoms with van der Waals surface area (Å²) in [5.41, 5.74) is -0.509. The number of hydrogen-bond donors (Lipinski definition) is 1. The molecule has 6 nitrogen and oxygen atoms in total. The van der Waals surface area contributed by atoms with Crippen molar-refractivity contribution < 1.29 is 32.6 Å². The number of anilines is 1. The molecule has 3 aromatic rings. The van der Waals surface area contributed by atoms with E-state index < -0.39 is 40.8 Å². The number of carbonyl (C=O) groups excluding carboxylic acids is 2. The number of amides is 1. The van der Waals surface area contributed by atoms with Crippen LogP contribution in [0.15, 0.2) is 64.6 Å². The third-order valence-electron chi connectivity index (χ3n) is 5.33. The Hall–Kier alpha value is -3.94. The molecule has 1 saturated heterocycles. The van der Waals surface area contributed by atoms with E-state index in [9.17, 15) is 23.5 Å². The summed E-state index contributed by atoms with van der Waals surface area (Å²) in [5, 5.41) is 11.2. The molecule has 1 aliphatic rings. The van der Waals surface area contributed by atoms with Gasteiger partial charge in [0.25, 0.3) is 11.7 Å². The fourth-order valence-corrected chi connectivity index (χ4v) is 3.77. The molecule has 0 saturated carbocycles. The number of hydrogen-bond acceptors (Lipinski definition) is 5. The maximum Gasteiger partial charge on any atom is 0.300 e. The Bertz CT molecular complexity index is 1290. The minimum absolute atomic E-state index is 0.120. The molecule has 8 heteroatoms. The van der Waals surface area contributed by atoms with E-state index in [1.54, 1.807) is 37.3 Å². The summed E-state index contributed by atoms with van der Waals surface area (Å²) in [7, 11) is 0. The molecule has 2 heterocycles. The van der Waals surface area contributed by atoms with E-state index in [0.29, 0.717) is 18.1 Å². The van der Waals surface area contributed by atoms with Crippen LogP contribution < -0.4 is 9.64 Å². The molecule has 2 aromatic carbocycles. The van der Waals surface area contributed by atoms with E-state index in [0.717, 1.165) is 23.1 Å². The number of aliphatic hydroxyl groups excluding tert-OH is 1. The number of ketones is 1. The Morgan fingerprint density at radius 3 is 2.56 bits per heavy atom.